The van der Waals surface area contributed by atoms with Crippen LogP contribution in [0.1, 0.15) is 0 Å². The molecule has 108 valence electrons. The van der Waals surface area contributed by atoms with Crippen LogP contribution in [0.4, 0.5) is 10.1 Å². The number of nitrogens with two attached hydrogens (primary N) is 1. The Bertz CT molecular complexity index is 521. The highest BCUT2D eigenvalue weighted by Crippen LogP contribution is 2.22. The van der Waals surface area contributed by atoms with E-state index in [1.54, 1.807) is 4.90 Å². The summed E-state index contributed by atoms with van der Waals surface area (Å²) in [5.74, 6) is -0.712. The van der Waals surface area contributed by atoms with Crippen LogP contribution in [-0.2, 0) is 14.8 Å². The number of primary sulfonamides is 1. The van der Waals surface area contributed by atoms with Gasteiger partial charge in [-0.3, -0.25) is 0 Å². The predicted molar refractivity (Wildman–Crippen MR) is 68.9 cm³/mol. The van der Waals surface area contributed by atoms with E-state index in [0.717, 1.165) is 6.07 Å². The fourth-order valence-corrected chi connectivity index (χ4v) is 2.12. The molecule has 0 saturated carbocycles. The van der Waals surface area contributed by atoms with Gasteiger partial charge in [-0.2, -0.15) is 0 Å². The van der Waals surface area contributed by atoms with Crippen LogP contribution >= 0.6 is 0 Å². The third kappa shape index (κ3) is 4.43. The van der Waals surface area contributed by atoms with Crippen LogP contribution in [0.15, 0.2) is 23.1 Å². The molecule has 0 fully saturated rings. The van der Waals surface area contributed by atoms with Gasteiger partial charge in [0.05, 0.1) is 23.8 Å². The molecule has 19 heavy (non-hydrogen) atoms. The molecular weight excluding hydrogens is 275 g/mol. The number of halogens is 1. The number of benzene rings is 1. The van der Waals surface area contributed by atoms with Crippen molar-refractivity contribution >= 4 is 15.7 Å². The maximum Gasteiger partial charge on any atom is 0.238 e. The van der Waals surface area contributed by atoms with Crippen molar-refractivity contribution in [1.82, 2.24) is 0 Å². The van der Waals surface area contributed by atoms with Crippen molar-refractivity contribution in [2.45, 2.75) is 4.90 Å². The molecule has 0 saturated heterocycles. The number of rotatable bonds is 7. The first kappa shape index (κ1) is 15.8. The lowest BCUT2D eigenvalue weighted by Gasteiger charge is -2.24. The molecule has 1 rings (SSSR count). The number of sulfonamides is 1. The molecule has 0 radical (unpaired) electrons. The molecule has 0 aliphatic heterocycles. The highest BCUT2D eigenvalue weighted by molar-refractivity contribution is 7.89. The van der Waals surface area contributed by atoms with Crippen LogP contribution in [-0.4, -0.2) is 46.9 Å². The maximum absolute atomic E-state index is 13.9. The van der Waals surface area contributed by atoms with E-state index in [9.17, 15) is 12.8 Å². The average Bonchev–Trinajstić information content (AvgIpc) is 2.33. The van der Waals surface area contributed by atoms with Crippen molar-refractivity contribution in [3.63, 3.8) is 0 Å². The molecule has 1 aromatic rings. The third-order valence-electron chi connectivity index (χ3n) is 2.52. The Morgan fingerprint density at radius 2 is 2.11 bits per heavy atom. The summed E-state index contributed by atoms with van der Waals surface area (Å²) in [6.45, 7) is 0.800. The standard InChI is InChI=1S/C11H17FN2O4S/c1-18-7-5-14(4-6-15)11-3-2-9(8-10(11)12)19(13,16)17/h2-3,8,15H,4-7H2,1H3,(H2,13,16,17). The molecule has 3 N–H and O–H groups in total. The SMILES string of the molecule is COCCN(CCO)c1ccc(S(N)(=O)=O)cc1F. The van der Waals surface area contributed by atoms with Crippen LogP contribution in [0.5, 0.6) is 0 Å². The van der Waals surface area contributed by atoms with Crippen molar-refractivity contribution in [3.8, 4) is 0 Å². The lowest BCUT2D eigenvalue weighted by atomic mass is 10.2. The Morgan fingerprint density at radius 1 is 1.42 bits per heavy atom. The Morgan fingerprint density at radius 3 is 2.58 bits per heavy atom. The molecule has 1 aromatic carbocycles. The van der Waals surface area contributed by atoms with Crippen molar-refractivity contribution in [1.29, 1.82) is 0 Å². The van der Waals surface area contributed by atoms with Crippen LogP contribution in [0, 0.1) is 5.82 Å². The lowest BCUT2D eigenvalue weighted by Crippen LogP contribution is -2.31. The minimum atomic E-state index is -3.93. The molecule has 0 unspecified atom stereocenters. The molecule has 0 heterocycles. The van der Waals surface area contributed by atoms with E-state index in [1.807, 2.05) is 0 Å². The minimum Gasteiger partial charge on any atom is -0.395 e. The summed E-state index contributed by atoms with van der Waals surface area (Å²) < 4.78 is 41.0. The van der Waals surface area contributed by atoms with Crippen molar-refractivity contribution in [3.05, 3.63) is 24.0 Å². The zero-order valence-corrected chi connectivity index (χ0v) is 11.4. The van der Waals surface area contributed by atoms with Gasteiger partial charge in [-0.25, -0.2) is 17.9 Å². The molecule has 0 aromatic heterocycles. The summed E-state index contributed by atoms with van der Waals surface area (Å²) in [5, 5.41) is 13.9. The lowest BCUT2D eigenvalue weighted by molar-refractivity contribution is 0.202. The highest BCUT2D eigenvalue weighted by Gasteiger charge is 2.15. The summed E-state index contributed by atoms with van der Waals surface area (Å²) in [7, 11) is -2.42. The summed E-state index contributed by atoms with van der Waals surface area (Å²) >= 11 is 0. The van der Waals surface area contributed by atoms with E-state index in [1.165, 1.54) is 19.2 Å². The van der Waals surface area contributed by atoms with Crippen LogP contribution in [0.25, 0.3) is 0 Å². The minimum absolute atomic E-state index is 0.153. The number of aliphatic hydroxyl groups is 1. The number of hydrogen-bond acceptors (Lipinski definition) is 5. The van der Waals surface area contributed by atoms with Crippen LogP contribution in [0.3, 0.4) is 0 Å². The van der Waals surface area contributed by atoms with E-state index < -0.39 is 15.8 Å². The van der Waals surface area contributed by atoms with E-state index in [2.05, 4.69) is 0 Å². The fraction of sp³-hybridized carbons (Fsp3) is 0.455. The number of methoxy groups -OCH3 is 1. The summed E-state index contributed by atoms with van der Waals surface area (Å²) in [6, 6.07) is 3.41. The molecule has 0 spiro atoms. The van der Waals surface area contributed by atoms with Gasteiger partial charge < -0.3 is 14.7 Å². The van der Waals surface area contributed by atoms with Gasteiger partial charge in [0.15, 0.2) is 0 Å². The summed E-state index contributed by atoms with van der Waals surface area (Å²) in [4.78, 5) is 1.27. The highest BCUT2D eigenvalue weighted by atomic mass is 32.2. The van der Waals surface area contributed by atoms with E-state index >= 15 is 0 Å². The summed E-state index contributed by atoms with van der Waals surface area (Å²) in [5.41, 5.74) is 0.193. The number of nitrogens with zero attached hydrogens (tertiary/aromatic N) is 1. The Balaban J connectivity index is 3.04. The third-order valence-corrected chi connectivity index (χ3v) is 3.43. The van der Waals surface area contributed by atoms with Crippen LogP contribution in [0.2, 0.25) is 0 Å². The van der Waals surface area contributed by atoms with Gasteiger partial charge in [-0.1, -0.05) is 0 Å². The van der Waals surface area contributed by atoms with Crippen molar-refractivity contribution in [2.24, 2.45) is 5.14 Å². The molecule has 6 nitrogen and oxygen atoms in total. The number of hydrogen-bond donors (Lipinski definition) is 2. The number of ether oxygens (including phenoxy) is 1. The number of anilines is 1. The van der Waals surface area contributed by atoms with Gasteiger partial charge in [0.1, 0.15) is 5.82 Å². The zero-order valence-electron chi connectivity index (χ0n) is 10.5. The number of aliphatic hydroxyl groups excluding tert-OH is 1. The van der Waals surface area contributed by atoms with Gasteiger partial charge >= 0.3 is 0 Å². The van der Waals surface area contributed by atoms with Gasteiger partial charge in [-0.05, 0) is 18.2 Å². The summed E-state index contributed by atoms with van der Waals surface area (Å²) in [6.07, 6.45) is 0. The van der Waals surface area contributed by atoms with E-state index in [0.29, 0.717) is 13.2 Å². The topological polar surface area (TPSA) is 92.9 Å². The molecule has 0 aliphatic rings. The van der Waals surface area contributed by atoms with Gasteiger partial charge in [0.2, 0.25) is 10.0 Å². The van der Waals surface area contributed by atoms with Crippen molar-refractivity contribution < 1.29 is 22.7 Å². The van der Waals surface area contributed by atoms with E-state index in [-0.39, 0.29) is 23.7 Å². The molecule has 8 heteroatoms. The van der Waals surface area contributed by atoms with Gasteiger partial charge in [0.25, 0.3) is 0 Å². The van der Waals surface area contributed by atoms with Crippen molar-refractivity contribution in [2.75, 3.05) is 38.3 Å². The Labute approximate surface area is 111 Å². The average molecular weight is 292 g/mol. The largest absolute Gasteiger partial charge is 0.395 e. The predicted octanol–water partition coefficient (Wildman–Crippen LogP) is -0.0818. The monoisotopic (exact) mass is 292 g/mol. The Kier molecular flexibility index (Phi) is 5.67. The first-order valence-corrected chi connectivity index (χ1v) is 7.12. The molecule has 0 bridgehead atoms. The quantitative estimate of drug-likeness (QED) is 0.733. The first-order chi connectivity index (χ1) is 8.90. The maximum atomic E-state index is 13.9. The Hall–Kier alpha value is -1.22. The molecule has 0 aliphatic carbocycles. The second-order valence-electron chi connectivity index (χ2n) is 3.86. The molecule has 0 atom stereocenters. The fourth-order valence-electron chi connectivity index (χ4n) is 1.60. The van der Waals surface area contributed by atoms with E-state index in [4.69, 9.17) is 15.0 Å². The normalized spacial score (nSPS) is 11.6. The molecular formula is C11H17FN2O4S. The second-order valence-corrected chi connectivity index (χ2v) is 5.42. The zero-order chi connectivity index (χ0) is 14.5. The molecule has 0 amide bonds. The van der Waals surface area contributed by atoms with Gasteiger partial charge in [-0.15, -0.1) is 0 Å². The van der Waals surface area contributed by atoms with Crippen LogP contribution < -0.4 is 10.0 Å². The smallest absolute Gasteiger partial charge is 0.238 e. The van der Waals surface area contributed by atoms with Gasteiger partial charge in [0, 0.05) is 20.2 Å². The first-order valence-electron chi connectivity index (χ1n) is 5.57. The second kappa shape index (κ2) is 6.80.